The minimum Gasteiger partial charge on any atom is -0.351 e. The number of hydrogen-bond acceptors (Lipinski definition) is 4. The standard InChI is InChI=1S/C20H28N4O3/c1-15-5-2-3-6-16(15)13-21-19(26)14-23-9-4-10-24(12-11-23)20(27)17-7-8-18(25)22-17/h2-3,5-6,17H,4,7-14H2,1H3,(H,21,26)(H,22,25)/t17-/m1/s1. The van der Waals surface area contributed by atoms with Crippen LogP contribution in [0.2, 0.25) is 0 Å². The van der Waals surface area contributed by atoms with E-state index in [-0.39, 0.29) is 23.8 Å². The van der Waals surface area contributed by atoms with Crippen molar-refractivity contribution in [3.05, 3.63) is 35.4 Å². The van der Waals surface area contributed by atoms with Gasteiger partial charge in [0, 0.05) is 39.1 Å². The molecule has 3 rings (SSSR count). The quantitative estimate of drug-likeness (QED) is 0.785. The number of benzene rings is 1. The molecule has 0 spiro atoms. The molecule has 7 heteroatoms. The fraction of sp³-hybridized carbons (Fsp3) is 0.550. The predicted molar refractivity (Wildman–Crippen MR) is 102 cm³/mol. The second kappa shape index (κ2) is 8.99. The van der Waals surface area contributed by atoms with E-state index in [0.717, 1.165) is 18.5 Å². The maximum Gasteiger partial charge on any atom is 0.245 e. The zero-order chi connectivity index (χ0) is 19.2. The lowest BCUT2D eigenvalue weighted by Gasteiger charge is -2.24. The zero-order valence-electron chi connectivity index (χ0n) is 15.9. The number of aryl methyl sites for hydroxylation is 1. The molecule has 3 amide bonds. The second-order valence-electron chi connectivity index (χ2n) is 7.32. The van der Waals surface area contributed by atoms with Crippen LogP contribution in [0.25, 0.3) is 0 Å². The molecule has 2 fully saturated rings. The number of nitrogens with one attached hydrogen (secondary N) is 2. The minimum absolute atomic E-state index is 0.00101. The van der Waals surface area contributed by atoms with Gasteiger partial charge in [-0.15, -0.1) is 0 Å². The summed E-state index contributed by atoms with van der Waals surface area (Å²) in [6.45, 7) is 5.64. The van der Waals surface area contributed by atoms with Crippen LogP contribution in [0.4, 0.5) is 0 Å². The first kappa shape index (κ1) is 19.4. The molecule has 0 unspecified atom stereocenters. The average Bonchev–Trinajstić information content (AvgIpc) is 2.95. The summed E-state index contributed by atoms with van der Waals surface area (Å²) in [7, 11) is 0. The van der Waals surface area contributed by atoms with E-state index < -0.39 is 0 Å². The molecule has 1 aromatic carbocycles. The van der Waals surface area contributed by atoms with Gasteiger partial charge in [-0.1, -0.05) is 24.3 Å². The van der Waals surface area contributed by atoms with Gasteiger partial charge in [0.2, 0.25) is 17.7 Å². The van der Waals surface area contributed by atoms with E-state index in [1.54, 1.807) is 0 Å². The van der Waals surface area contributed by atoms with E-state index in [1.165, 1.54) is 5.56 Å². The van der Waals surface area contributed by atoms with Crippen molar-refractivity contribution in [3.63, 3.8) is 0 Å². The SMILES string of the molecule is Cc1ccccc1CNC(=O)CN1CCCN(C(=O)[C@H]2CCC(=O)N2)CC1. The Kier molecular flexibility index (Phi) is 6.45. The summed E-state index contributed by atoms with van der Waals surface area (Å²) in [5, 5.41) is 5.73. The van der Waals surface area contributed by atoms with Gasteiger partial charge in [-0.25, -0.2) is 0 Å². The van der Waals surface area contributed by atoms with Crippen molar-refractivity contribution < 1.29 is 14.4 Å². The smallest absolute Gasteiger partial charge is 0.245 e. The molecular weight excluding hydrogens is 344 g/mol. The Balaban J connectivity index is 1.44. The minimum atomic E-state index is -0.374. The molecule has 0 aromatic heterocycles. The van der Waals surface area contributed by atoms with Crippen LogP contribution in [0, 0.1) is 6.92 Å². The lowest BCUT2D eigenvalue weighted by Crippen LogP contribution is -2.46. The highest BCUT2D eigenvalue weighted by Crippen LogP contribution is 2.12. The zero-order valence-corrected chi connectivity index (χ0v) is 15.9. The lowest BCUT2D eigenvalue weighted by atomic mass is 10.1. The number of amides is 3. The third-order valence-electron chi connectivity index (χ3n) is 5.30. The van der Waals surface area contributed by atoms with E-state index in [2.05, 4.69) is 15.5 Å². The highest BCUT2D eigenvalue weighted by molar-refractivity contribution is 5.90. The number of hydrogen-bond donors (Lipinski definition) is 2. The number of nitrogens with zero attached hydrogens (tertiary/aromatic N) is 2. The van der Waals surface area contributed by atoms with E-state index in [9.17, 15) is 14.4 Å². The topological polar surface area (TPSA) is 81.8 Å². The van der Waals surface area contributed by atoms with Gasteiger partial charge in [0.05, 0.1) is 6.54 Å². The number of carbonyl (C=O) groups is 3. The van der Waals surface area contributed by atoms with Crippen molar-refractivity contribution in [3.8, 4) is 0 Å². The average molecular weight is 372 g/mol. The largest absolute Gasteiger partial charge is 0.351 e. The van der Waals surface area contributed by atoms with Crippen molar-refractivity contribution in [1.82, 2.24) is 20.4 Å². The third kappa shape index (κ3) is 5.29. The molecular formula is C20H28N4O3. The highest BCUT2D eigenvalue weighted by atomic mass is 16.2. The highest BCUT2D eigenvalue weighted by Gasteiger charge is 2.31. The molecule has 0 aliphatic carbocycles. The van der Waals surface area contributed by atoms with Gasteiger partial charge in [0.15, 0.2) is 0 Å². The summed E-state index contributed by atoms with van der Waals surface area (Å²) in [6.07, 6.45) is 1.84. The van der Waals surface area contributed by atoms with Gasteiger partial charge < -0.3 is 15.5 Å². The van der Waals surface area contributed by atoms with Crippen molar-refractivity contribution in [1.29, 1.82) is 0 Å². The Labute approximate surface area is 160 Å². The number of rotatable bonds is 5. The summed E-state index contributed by atoms with van der Waals surface area (Å²) in [4.78, 5) is 40.1. The van der Waals surface area contributed by atoms with E-state index >= 15 is 0 Å². The van der Waals surface area contributed by atoms with Gasteiger partial charge in [-0.3, -0.25) is 19.3 Å². The molecule has 2 heterocycles. The van der Waals surface area contributed by atoms with E-state index in [4.69, 9.17) is 0 Å². The molecule has 0 radical (unpaired) electrons. The first-order chi connectivity index (χ1) is 13.0. The van der Waals surface area contributed by atoms with Crippen molar-refractivity contribution in [2.45, 2.75) is 38.8 Å². The predicted octanol–water partition coefficient (Wildman–Crippen LogP) is 0.424. The summed E-state index contributed by atoms with van der Waals surface area (Å²) in [6, 6.07) is 7.65. The van der Waals surface area contributed by atoms with Crippen LogP contribution in [0.5, 0.6) is 0 Å². The number of carbonyl (C=O) groups excluding carboxylic acids is 3. The molecule has 2 saturated heterocycles. The molecule has 2 aliphatic rings. The molecule has 2 N–H and O–H groups in total. The van der Waals surface area contributed by atoms with Crippen LogP contribution in [0.1, 0.15) is 30.4 Å². The van der Waals surface area contributed by atoms with Crippen LogP contribution >= 0.6 is 0 Å². The van der Waals surface area contributed by atoms with E-state index in [0.29, 0.717) is 45.6 Å². The molecule has 7 nitrogen and oxygen atoms in total. The molecule has 2 aliphatic heterocycles. The Morgan fingerprint density at radius 1 is 1.19 bits per heavy atom. The van der Waals surface area contributed by atoms with Gasteiger partial charge >= 0.3 is 0 Å². The fourth-order valence-corrected chi connectivity index (χ4v) is 3.63. The van der Waals surface area contributed by atoms with Gasteiger partial charge in [-0.05, 0) is 30.9 Å². The Hall–Kier alpha value is -2.41. The first-order valence-electron chi connectivity index (χ1n) is 9.64. The Bertz CT molecular complexity index is 706. The molecule has 1 aromatic rings. The van der Waals surface area contributed by atoms with Crippen molar-refractivity contribution >= 4 is 17.7 Å². The van der Waals surface area contributed by atoms with Crippen LogP contribution in [0.3, 0.4) is 0 Å². The van der Waals surface area contributed by atoms with Crippen LogP contribution in [-0.4, -0.2) is 66.3 Å². The summed E-state index contributed by atoms with van der Waals surface area (Å²) < 4.78 is 0. The summed E-state index contributed by atoms with van der Waals surface area (Å²) in [5.41, 5.74) is 2.29. The van der Waals surface area contributed by atoms with Crippen molar-refractivity contribution in [2.75, 3.05) is 32.7 Å². The van der Waals surface area contributed by atoms with Crippen LogP contribution in [0.15, 0.2) is 24.3 Å². The molecule has 0 saturated carbocycles. The monoisotopic (exact) mass is 372 g/mol. The van der Waals surface area contributed by atoms with Crippen LogP contribution < -0.4 is 10.6 Å². The molecule has 0 bridgehead atoms. The van der Waals surface area contributed by atoms with Gasteiger partial charge in [0.25, 0.3) is 0 Å². The van der Waals surface area contributed by atoms with E-state index in [1.807, 2.05) is 36.1 Å². The maximum absolute atomic E-state index is 12.5. The van der Waals surface area contributed by atoms with Crippen LogP contribution in [-0.2, 0) is 20.9 Å². The third-order valence-corrected chi connectivity index (χ3v) is 5.30. The normalized spacial score (nSPS) is 20.9. The lowest BCUT2D eigenvalue weighted by molar-refractivity contribution is -0.134. The van der Waals surface area contributed by atoms with Gasteiger partial charge in [0.1, 0.15) is 6.04 Å². The summed E-state index contributed by atoms with van der Waals surface area (Å²) in [5.74, 6) is -0.0390. The Morgan fingerprint density at radius 2 is 2.00 bits per heavy atom. The first-order valence-corrected chi connectivity index (χ1v) is 9.64. The second-order valence-corrected chi connectivity index (χ2v) is 7.32. The molecule has 146 valence electrons. The fourth-order valence-electron chi connectivity index (χ4n) is 3.63. The summed E-state index contributed by atoms with van der Waals surface area (Å²) >= 11 is 0. The maximum atomic E-state index is 12.5. The van der Waals surface area contributed by atoms with Crippen molar-refractivity contribution in [2.24, 2.45) is 0 Å². The Morgan fingerprint density at radius 3 is 2.74 bits per heavy atom. The molecule has 27 heavy (non-hydrogen) atoms. The molecule has 1 atom stereocenters. The van der Waals surface area contributed by atoms with Gasteiger partial charge in [-0.2, -0.15) is 0 Å².